The fraction of sp³-hybridized carbons (Fsp3) is 0.882. The molecule has 148 valence electrons. The van der Waals surface area contributed by atoms with Crippen LogP contribution in [-0.2, 0) is 9.47 Å². The second-order valence-corrected chi connectivity index (χ2v) is 6.20. The number of rotatable bonds is 12. The number of amides is 2. The maximum absolute atomic E-state index is 11.9. The topological polar surface area (TPSA) is 106 Å². The second kappa shape index (κ2) is 12.8. The molecule has 0 radical (unpaired) electrons. The van der Waals surface area contributed by atoms with Crippen molar-refractivity contribution in [3.63, 3.8) is 0 Å². The molecule has 0 fully saturated rings. The smallest absolute Gasteiger partial charge is 0.409 e. The zero-order chi connectivity index (χ0) is 19.3. The first-order valence-electron chi connectivity index (χ1n) is 9.25. The van der Waals surface area contributed by atoms with E-state index >= 15 is 0 Å². The van der Waals surface area contributed by atoms with Crippen molar-refractivity contribution in [3.05, 3.63) is 0 Å². The Balaban J connectivity index is 4.69. The monoisotopic (exact) mass is 360 g/mol. The van der Waals surface area contributed by atoms with Crippen molar-refractivity contribution < 1.29 is 19.1 Å². The lowest BCUT2D eigenvalue weighted by Crippen LogP contribution is -2.61. The molecule has 2 unspecified atom stereocenters. The van der Waals surface area contributed by atoms with Crippen LogP contribution in [0.25, 0.3) is 0 Å². The molecule has 0 aliphatic rings. The first kappa shape index (κ1) is 23.5. The third-order valence-corrected chi connectivity index (χ3v) is 3.65. The highest BCUT2D eigenvalue weighted by atomic mass is 16.6. The summed E-state index contributed by atoms with van der Waals surface area (Å²) in [5.41, 5.74) is 6.18. The number of unbranched alkanes of at least 4 members (excludes halogenated alkanes) is 2. The van der Waals surface area contributed by atoms with Gasteiger partial charge in [0, 0.05) is 26.6 Å². The molecule has 25 heavy (non-hydrogen) atoms. The quantitative estimate of drug-likeness (QED) is 0.365. The van der Waals surface area contributed by atoms with Crippen LogP contribution in [0.1, 0.15) is 66.7 Å². The first-order valence-corrected chi connectivity index (χ1v) is 9.25. The average molecular weight is 360 g/mol. The zero-order valence-electron chi connectivity index (χ0n) is 16.4. The number of alkyl carbamates (subject to hydrolysis) is 2. The Bertz CT molecular complexity index is 391. The lowest BCUT2D eigenvalue weighted by molar-refractivity contribution is -0.158. The van der Waals surface area contributed by atoms with E-state index in [1.54, 1.807) is 18.7 Å². The molecule has 2 amide bonds. The molecule has 8 nitrogen and oxygen atoms in total. The minimum absolute atomic E-state index is 0.509. The van der Waals surface area contributed by atoms with Gasteiger partial charge < -0.3 is 20.1 Å². The summed E-state index contributed by atoms with van der Waals surface area (Å²) in [6.07, 6.45) is 2.74. The van der Waals surface area contributed by atoms with Gasteiger partial charge in [0.15, 0.2) is 6.23 Å². The van der Waals surface area contributed by atoms with Crippen molar-refractivity contribution in [1.29, 1.82) is 0 Å². The Hall–Kier alpha value is -1.54. The number of nitrogens with zero attached hydrogens (tertiary/aromatic N) is 1. The minimum atomic E-state index is -1.39. The van der Waals surface area contributed by atoms with E-state index in [2.05, 4.69) is 10.6 Å². The SMILES string of the molecule is CCCCNC(=O)OC(C)N(CCC)C(C)(N)OC(=O)NCCCC. The lowest BCUT2D eigenvalue weighted by atomic mass is 10.3. The lowest BCUT2D eigenvalue weighted by Gasteiger charge is -2.39. The van der Waals surface area contributed by atoms with E-state index in [9.17, 15) is 9.59 Å². The Morgan fingerprint density at radius 3 is 2.04 bits per heavy atom. The first-order chi connectivity index (χ1) is 11.8. The van der Waals surface area contributed by atoms with Crippen LogP contribution in [0, 0.1) is 0 Å². The van der Waals surface area contributed by atoms with Crippen molar-refractivity contribution in [1.82, 2.24) is 15.5 Å². The van der Waals surface area contributed by atoms with E-state index < -0.39 is 24.3 Å². The summed E-state index contributed by atoms with van der Waals surface area (Å²) in [6.45, 7) is 10.9. The van der Waals surface area contributed by atoms with Crippen LogP contribution in [0.15, 0.2) is 0 Å². The van der Waals surface area contributed by atoms with Crippen LogP contribution in [0.2, 0.25) is 0 Å². The maximum Gasteiger partial charge on any atom is 0.409 e. The Labute approximate surface area is 151 Å². The predicted molar refractivity (Wildman–Crippen MR) is 97.8 cm³/mol. The fourth-order valence-corrected chi connectivity index (χ4v) is 2.28. The Morgan fingerprint density at radius 1 is 1.04 bits per heavy atom. The predicted octanol–water partition coefficient (Wildman–Crippen LogP) is 2.73. The summed E-state index contributed by atoms with van der Waals surface area (Å²) >= 11 is 0. The van der Waals surface area contributed by atoms with E-state index in [4.69, 9.17) is 15.2 Å². The summed E-state index contributed by atoms with van der Waals surface area (Å²) in [4.78, 5) is 25.4. The molecule has 0 aliphatic carbocycles. The minimum Gasteiger partial charge on any atom is -0.430 e. The maximum atomic E-state index is 11.9. The molecule has 0 aromatic carbocycles. The van der Waals surface area contributed by atoms with Crippen LogP contribution >= 0.6 is 0 Å². The standard InChI is InChI=1S/C17H36N4O4/c1-6-9-11-19-15(22)24-14(4)21(13-8-3)17(5,18)25-16(23)20-12-10-7-2/h14H,6-13,18H2,1-5H3,(H,19,22)(H,20,23). The van der Waals surface area contributed by atoms with Gasteiger partial charge in [0.05, 0.1) is 0 Å². The normalized spacial score (nSPS) is 14.5. The molecule has 0 aromatic heterocycles. The zero-order valence-corrected chi connectivity index (χ0v) is 16.4. The van der Waals surface area contributed by atoms with E-state index in [1.807, 2.05) is 20.8 Å². The molecule has 0 aromatic rings. The van der Waals surface area contributed by atoms with Crippen LogP contribution in [0.3, 0.4) is 0 Å². The van der Waals surface area contributed by atoms with Gasteiger partial charge in [0.2, 0.25) is 5.85 Å². The highest BCUT2D eigenvalue weighted by Gasteiger charge is 2.36. The van der Waals surface area contributed by atoms with Gasteiger partial charge in [-0.3, -0.25) is 5.73 Å². The molecule has 0 heterocycles. The highest BCUT2D eigenvalue weighted by Crippen LogP contribution is 2.16. The fourth-order valence-electron chi connectivity index (χ4n) is 2.28. The van der Waals surface area contributed by atoms with Crippen molar-refractivity contribution in [2.75, 3.05) is 19.6 Å². The average Bonchev–Trinajstić information content (AvgIpc) is 2.52. The van der Waals surface area contributed by atoms with Crippen molar-refractivity contribution in [2.24, 2.45) is 5.73 Å². The third kappa shape index (κ3) is 10.1. The van der Waals surface area contributed by atoms with Crippen LogP contribution in [0.4, 0.5) is 9.59 Å². The molecule has 0 saturated carbocycles. The molecule has 4 N–H and O–H groups in total. The molecule has 0 saturated heterocycles. The second-order valence-electron chi connectivity index (χ2n) is 6.20. The molecular formula is C17H36N4O4. The molecule has 0 aliphatic heterocycles. The van der Waals surface area contributed by atoms with Gasteiger partial charge in [0.1, 0.15) is 0 Å². The number of hydrogen-bond donors (Lipinski definition) is 3. The Morgan fingerprint density at radius 2 is 1.56 bits per heavy atom. The number of hydrogen-bond acceptors (Lipinski definition) is 6. The molecule has 0 spiro atoms. The number of ether oxygens (including phenoxy) is 2. The van der Waals surface area contributed by atoms with Gasteiger partial charge in [-0.1, -0.05) is 33.6 Å². The summed E-state index contributed by atoms with van der Waals surface area (Å²) in [5, 5.41) is 5.35. The van der Waals surface area contributed by atoms with Gasteiger partial charge >= 0.3 is 12.2 Å². The Kier molecular flexibility index (Phi) is 12.0. The van der Waals surface area contributed by atoms with Gasteiger partial charge in [-0.15, -0.1) is 0 Å². The van der Waals surface area contributed by atoms with Crippen molar-refractivity contribution in [3.8, 4) is 0 Å². The molecule has 0 bridgehead atoms. The van der Waals surface area contributed by atoms with Crippen molar-refractivity contribution in [2.45, 2.75) is 78.8 Å². The van der Waals surface area contributed by atoms with Crippen molar-refractivity contribution >= 4 is 12.2 Å². The highest BCUT2D eigenvalue weighted by molar-refractivity contribution is 5.68. The molecule has 2 atom stereocenters. The van der Waals surface area contributed by atoms with Crippen LogP contribution < -0.4 is 16.4 Å². The van der Waals surface area contributed by atoms with Crippen LogP contribution in [0.5, 0.6) is 0 Å². The summed E-state index contributed by atoms with van der Waals surface area (Å²) in [7, 11) is 0. The van der Waals surface area contributed by atoms with Gasteiger partial charge in [-0.25, -0.2) is 14.5 Å². The molecule has 8 heteroatoms. The van der Waals surface area contributed by atoms with E-state index in [0.717, 1.165) is 32.1 Å². The largest absolute Gasteiger partial charge is 0.430 e. The summed E-state index contributed by atoms with van der Waals surface area (Å²) in [5.74, 6) is -1.39. The van der Waals surface area contributed by atoms with E-state index in [-0.39, 0.29) is 0 Å². The summed E-state index contributed by atoms with van der Waals surface area (Å²) < 4.78 is 10.7. The number of nitrogens with two attached hydrogens (primary N) is 1. The van der Waals surface area contributed by atoms with Crippen LogP contribution in [-0.4, -0.2) is 48.8 Å². The molecule has 0 rings (SSSR count). The summed E-state index contributed by atoms with van der Waals surface area (Å²) in [6, 6.07) is 0. The number of carbonyl (C=O) groups excluding carboxylic acids is 2. The van der Waals surface area contributed by atoms with Gasteiger partial charge in [-0.2, -0.15) is 0 Å². The van der Waals surface area contributed by atoms with Gasteiger partial charge in [-0.05, 0) is 26.2 Å². The van der Waals surface area contributed by atoms with E-state index in [1.165, 1.54) is 0 Å². The van der Waals surface area contributed by atoms with E-state index in [0.29, 0.717) is 19.6 Å². The third-order valence-electron chi connectivity index (χ3n) is 3.65. The van der Waals surface area contributed by atoms with Gasteiger partial charge in [0.25, 0.3) is 0 Å². The number of carbonyl (C=O) groups is 2. The molecular weight excluding hydrogens is 324 g/mol. The number of nitrogens with one attached hydrogen (secondary N) is 2.